The molecule has 0 aromatic heterocycles. The van der Waals surface area contributed by atoms with Gasteiger partial charge in [-0.2, -0.15) is 0 Å². The maximum Gasteiger partial charge on any atom is 0.157 e. The van der Waals surface area contributed by atoms with Crippen LogP contribution < -0.4 is 0 Å². The molecule has 0 radical (unpaired) electrons. The Bertz CT molecular complexity index is 75.3. The highest BCUT2D eigenvalue weighted by molar-refractivity contribution is 4.48. The fourth-order valence-electron chi connectivity index (χ4n) is 1.09. The van der Waals surface area contributed by atoms with Crippen LogP contribution in [0.4, 0.5) is 0 Å². The van der Waals surface area contributed by atoms with Gasteiger partial charge in [0.25, 0.3) is 0 Å². The molecular weight excluding hydrogens is 128 g/mol. The Balaban J connectivity index is 2.16. The molecular formula is C8H16O2. The van der Waals surface area contributed by atoms with Crippen molar-refractivity contribution in [2.24, 2.45) is 0 Å². The first-order valence-corrected chi connectivity index (χ1v) is 4.16. The Hall–Kier alpha value is -0.0800. The lowest BCUT2D eigenvalue weighted by Crippen LogP contribution is -2.19. The number of ether oxygens (including phenoxy) is 2. The summed E-state index contributed by atoms with van der Waals surface area (Å²) in [6, 6.07) is 0. The van der Waals surface area contributed by atoms with Crippen LogP contribution in [-0.4, -0.2) is 19.5 Å². The van der Waals surface area contributed by atoms with E-state index in [0.717, 1.165) is 19.6 Å². The molecule has 1 aliphatic heterocycles. The van der Waals surface area contributed by atoms with Gasteiger partial charge in [-0.3, -0.25) is 0 Å². The van der Waals surface area contributed by atoms with Gasteiger partial charge in [0, 0.05) is 13.2 Å². The van der Waals surface area contributed by atoms with Gasteiger partial charge in [-0.25, -0.2) is 0 Å². The Morgan fingerprint density at radius 1 is 1.10 bits per heavy atom. The standard InChI is InChI=1S/C8H16O2/c1-2-8-9-6-4-3-5-7-10-8/h8H,2-7H2,1H3. The normalized spacial score (nSPS) is 23.7. The van der Waals surface area contributed by atoms with E-state index in [1.54, 1.807) is 0 Å². The van der Waals surface area contributed by atoms with Crippen LogP contribution in [0.3, 0.4) is 0 Å². The second-order valence-electron chi connectivity index (χ2n) is 2.64. The summed E-state index contributed by atoms with van der Waals surface area (Å²) < 4.78 is 10.8. The monoisotopic (exact) mass is 144 g/mol. The third-order valence-electron chi connectivity index (χ3n) is 1.73. The fraction of sp³-hybridized carbons (Fsp3) is 1.00. The van der Waals surface area contributed by atoms with Crippen LogP contribution in [0.1, 0.15) is 32.6 Å². The molecule has 0 atom stereocenters. The lowest BCUT2D eigenvalue weighted by Gasteiger charge is -2.19. The Labute approximate surface area is 62.5 Å². The summed E-state index contributed by atoms with van der Waals surface area (Å²) in [5.74, 6) is 0. The van der Waals surface area contributed by atoms with Gasteiger partial charge in [-0.15, -0.1) is 0 Å². The minimum Gasteiger partial charge on any atom is -0.353 e. The van der Waals surface area contributed by atoms with Crippen molar-refractivity contribution in [1.82, 2.24) is 0 Å². The molecule has 2 nitrogen and oxygen atoms in total. The lowest BCUT2D eigenvalue weighted by molar-refractivity contribution is -0.152. The lowest BCUT2D eigenvalue weighted by atomic mass is 10.2. The van der Waals surface area contributed by atoms with E-state index in [2.05, 4.69) is 6.92 Å². The number of rotatable bonds is 1. The molecule has 2 heteroatoms. The first kappa shape index (κ1) is 8.02. The topological polar surface area (TPSA) is 18.5 Å². The minimum absolute atomic E-state index is 0.0697. The first-order chi connectivity index (χ1) is 4.93. The van der Waals surface area contributed by atoms with Crippen molar-refractivity contribution >= 4 is 0 Å². The van der Waals surface area contributed by atoms with Crippen molar-refractivity contribution in [2.45, 2.75) is 38.9 Å². The van der Waals surface area contributed by atoms with Crippen LogP contribution in [0.2, 0.25) is 0 Å². The molecule has 0 aliphatic carbocycles. The van der Waals surface area contributed by atoms with Crippen LogP contribution in [0.5, 0.6) is 0 Å². The summed E-state index contributed by atoms with van der Waals surface area (Å²) in [5, 5.41) is 0. The van der Waals surface area contributed by atoms with Crippen molar-refractivity contribution in [1.29, 1.82) is 0 Å². The quantitative estimate of drug-likeness (QED) is 0.560. The molecule has 60 valence electrons. The molecule has 10 heavy (non-hydrogen) atoms. The summed E-state index contributed by atoms with van der Waals surface area (Å²) in [7, 11) is 0. The van der Waals surface area contributed by atoms with E-state index in [1.165, 1.54) is 19.3 Å². The minimum atomic E-state index is 0.0697. The second-order valence-corrected chi connectivity index (χ2v) is 2.64. The van der Waals surface area contributed by atoms with Crippen molar-refractivity contribution in [3.05, 3.63) is 0 Å². The van der Waals surface area contributed by atoms with Crippen LogP contribution in [0.25, 0.3) is 0 Å². The number of hydrogen-bond acceptors (Lipinski definition) is 2. The molecule has 0 spiro atoms. The zero-order chi connectivity index (χ0) is 7.23. The zero-order valence-corrected chi connectivity index (χ0v) is 6.64. The molecule has 0 saturated carbocycles. The summed E-state index contributed by atoms with van der Waals surface area (Å²) in [6.45, 7) is 3.84. The Morgan fingerprint density at radius 2 is 1.70 bits per heavy atom. The molecule has 0 amide bonds. The SMILES string of the molecule is CCC1OCCCCCO1. The largest absolute Gasteiger partial charge is 0.353 e. The summed E-state index contributed by atoms with van der Waals surface area (Å²) in [4.78, 5) is 0. The van der Waals surface area contributed by atoms with Gasteiger partial charge in [0.05, 0.1) is 0 Å². The van der Waals surface area contributed by atoms with Crippen LogP contribution >= 0.6 is 0 Å². The summed E-state index contributed by atoms with van der Waals surface area (Å²) >= 11 is 0. The highest BCUT2D eigenvalue weighted by Crippen LogP contribution is 2.08. The number of hydrogen-bond donors (Lipinski definition) is 0. The van der Waals surface area contributed by atoms with Crippen LogP contribution in [-0.2, 0) is 9.47 Å². The van der Waals surface area contributed by atoms with E-state index in [4.69, 9.17) is 9.47 Å². The molecule has 1 saturated heterocycles. The molecule has 1 heterocycles. The predicted molar refractivity (Wildman–Crippen MR) is 39.8 cm³/mol. The van der Waals surface area contributed by atoms with Gasteiger partial charge in [0.1, 0.15) is 0 Å². The van der Waals surface area contributed by atoms with Crippen molar-refractivity contribution in [2.75, 3.05) is 13.2 Å². The maximum absolute atomic E-state index is 5.41. The predicted octanol–water partition coefficient (Wildman–Crippen LogP) is 1.94. The van der Waals surface area contributed by atoms with E-state index >= 15 is 0 Å². The third-order valence-corrected chi connectivity index (χ3v) is 1.73. The van der Waals surface area contributed by atoms with Gasteiger partial charge < -0.3 is 9.47 Å². The smallest absolute Gasteiger partial charge is 0.157 e. The third kappa shape index (κ3) is 2.67. The van der Waals surface area contributed by atoms with Crippen molar-refractivity contribution in [3.63, 3.8) is 0 Å². The van der Waals surface area contributed by atoms with E-state index in [9.17, 15) is 0 Å². The zero-order valence-electron chi connectivity index (χ0n) is 6.64. The summed E-state index contributed by atoms with van der Waals surface area (Å²) in [5.41, 5.74) is 0. The molecule has 0 aromatic carbocycles. The molecule has 1 rings (SSSR count). The fourth-order valence-corrected chi connectivity index (χ4v) is 1.09. The molecule has 0 bridgehead atoms. The van der Waals surface area contributed by atoms with Crippen molar-refractivity contribution < 1.29 is 9.47 Å². The molecule has 1 fully saturated rings. The van der Waals surface area contributed by atoms with Crippen LogP contribution in [0, 0.1) is 0 Å². The van der Waals surface area contributed by atoms with E-state index in [-0.39, 0.29) is 6.29 Å². The van der Waals surface area contributed by atoms with Crippen molar-refractivity contribution in [3.8, 4) is 0 Å². The van der Waals surface area contributed by atoms with Gasteiger partial charge in [0.2, 0.25) is 0 Å². The average Bonchev–Trinajstić information content (AvgIpc) is 1.87. The molecule has 0 unspecified atom stereocenters. The molecule has 0 aromatic rings. The van der Waals surface area contributed by atoms with E-state index in [1.807, 2.05) is 0 Å². The molecule has 0 N–H and O–H groups in total. The van der Waals surface area contributed by atoms with Gasteiger partial charge >= 0.3 is 0 Å². The first-order valence-electron chi connectivity index (χ1n) is 4.16. The van der Waals surface area contributed by atoms with Gasteiger partial charge in [-0.05, 0) is 25.7 Å². The van der Waals surface area contributed by atoms with Crippen LogP contribution in [0.15, 0.2) is 0 Å². The Morgan fingerprint density at radius 3 is 2.20 bits per heavy atom. The van der Waals surface area contributed by atoms with Gasteiger partial charge in [0.15, 0.2) is 6.29 Å². The van der Waals surface area contributed by atoms with Gasteiger partial charge in [-0.1, -0.05) is 6.92 Å². The van der Waals surface area contributed by atoms with E-state index in [0.29, 0.717) is 0 Å². The highest BCUT2D eigenvalue weighted by atomic mass is 16.7. The summed E-state index contributed by atoms with van der Waals surface area (Å²) in [6.07, 6.45) is 4.68. The Kier molecular flexibility index (Phi) is 3.76. The second kappa shape index (κ2) is 4.69. The molecule has 1 aliphatic rings. The average molecular weight is 144 g/mol. The van der Waals surface area contributed by atoms with E-state index < -0.39 is 0 Å². The maximum atomic E-state index is 5.41. The highest BCUT2D eigenvalue weighted by Gasteiger charge is 2.07.